The molecule has 106 valence electrons. The van der Waals surface area contributed by atoms with Gasteiger partial charge in [0, 0.05) is 6.54 Å². The van der Waals surface area contributed by atoms with E-state index in [0.29, 0.717) is 0 Å². The third-order valence-corrected chi connectivity index (χ3v) is 3.45. The second-order valence-corrected chi connectivity index (χ2v) is 5.07. The predicted molar refractivity (Wildman–Crippen MR) is 84.2 cm³/mol. The Balaban J connectivity index is 1.69. The minimum absolute atomic E-state index is 0.916. The monoisotopic (exact) mass is 269 g/mol. The highest BCUT2D eigenvalue weighted by molar-refractivity contribution is 5.36. The first kappa shape index (κ1) is 14.6. The molecule has 0 spiro atoms. The minimum Gasteiger partial charge on any atom is -0.496 e. The van der Waals surface area contributed by atoms with E-state index in [2.05, 4.69) is 54.7 Å². The fourth-order valence-electron chi connectivity index (χ4n) is 2.35. The summed E-state index contributed by atoms with van der Waals surface area (Å²) in [6.07, 6.45) is 2.30. The number of hydrogen-bond acceptors (Lipinski definition) is 2. The SMILES string of the molecule is COc1ccc(CNCCCc2ccccc2)cc1C. The summed E-state index contributed by atoms with van der Waals surface area (Å²) in [7, 11) is 1.71. The van der Waals surface area contributed by atoms with Gasteiger partial charge in [0.25, 0.3) is 0 Å². The van der Waals surface area contributed by atoms with Crippen molar-refractivity contribution in [2.75, 3.05) is 13.7 Å². The molecule has 0 aliphatic rings. The van der Waals surface area contributed by atoms with Gasteiger partial charge in [-0.15, -0.1) is 0 Å². The molecule has 0 aliphatic carbocycles. The molecule has 0 radical (unpaired) electrons. The highest BCUT2D eigenvalue weighted by Crippen LogP contribution is 2.18. The van der Waals surface area contributed by atoms with Crippen LogP contribution in [-0.4, -0.2) is 13.7 Å². The van der Waals surface area contributed by atoms with Crippen LogP contribution in [0.4, 0.5) is 0 Å². The largest absolute Gasteiger partial charge is 0.496 e. The van der Waals surface area contributed by atoms with Gasteiger partial charge in [0.2, 0.25) is 0 Å². The molecule has 2 aromatic rings. The van der Waals surface area contributed by atoms with Crippen molar-refractivity contribution in [3.05, 3.63) is 65.2 Å². The molecule has 2 aromatic carbocycles. The van der Waals surface area contributed by atoms with Crippen molar-refractivity contribution in [1.82, 2.24) is 5.32 Å². The number of nitrogens with one attached hydrogen (secondary N) is 1. The molecule has 0 bridgehead atoms. The number of aryl methyl sites for hydroxylation is 2. The Morgan fingerprint density at radius 3 is 2.50 bits per heavy atom. The van der Waals surface area contributed by atoms with Gasteiger partial charge in [0.15, 0.2) is 0 Å². The summed E-state index contributed by atoms with van der Waals surface area (Å²) in [4.78, 5) is 0. The summed E-state index contributed by atoms with van der Waals surface area (Å²) in [6.45, 7) is 4.04. The molecule has 2 nitrogen and oxygen atoms in total. The average Bonchev–Trinajstić information content (AvgIpc) is 2.48. The Morgan fingerprint density at radius 1 is 1.00 bits per heavy atom. The molecule has 0 aliphatic heterocycles. The lowest BCUT2D eigenvalue weighted by Crippen LogP contribution is -2.15. The van der Waals surface area contributed by atoms with E-state index >= 15 is 0 Å². The van der Waals surface area contributed by atoms with Crippen LogP contribution in [0.3, 0.4) is 0 Å². The number of ether oxygens (including phenoxy) is 1. The van der Waals surface area contributed by atoms with E-state index in [1.807, 2.05) is 6.07 Å². The minimum atomic E-state index is 0.916. The molecule has 0 fully saturated rings. The van der Waals surface area contributed by atoms with E-state index in [0.717, 1.165) is 25.3 Å². The fourth-order valence-corrected chi connectivity index (χ4v) is 2.35. The predicted octanol–water partition coefficient (Wildman–Crippen LogP) is 3.73. The molecule has 20 heavy (non-hydrogen) atoms. The van der Waals surface area contributed by atoms with Crippen molar-refractivity contribution in [3.8, 4) is 5.75 Å². The van der Waals surface area contributed by atoms with Gasteiger partial charge in [-0.05, 0) is 49.1 Å². The second-order valence-electron chi connectivity index (χ2n) is 5.07. The van der Waals surface area contributed by atoms with E-state index in [1.54, 1.807) is 7.11 Å². The van der Waals surface area contributed by atoms with Crippen molar-refractivity contribution in [2.24, 2.45) is 0 Å². The number of rotatable bonds is 7. The average molecular weight is 269 g/mol. The topological polar surface area (TPSA) is 21.3 Å². The first-order valence-corrected chi connectivity index (χ1v) is 7.18. The normalized spacial score (nSPS) is 10.5. The van der Waals surface area contributed by atoms with Crippen molar-refractivity contribution in [3.63, 3.8) is 0 Å². The lowest BCUT2D eigenvalue weighted by atomic mass is 10.1. The highest BCUT2D eigenvalue weighted by atomic mass is 16.5. The van der Waals surface area contributed by atoms with Gasteiger partial charge >= 0.3 is 0 Å². The Bertz CT molecular complexity index is 522. The van der Waals surface area contributed by atoms with Gasteiger partial charge in [-0.3, -0.25) is 0 Å². The maximum atomic E-state index is 5.27. The molecular weight excluding hydrogens is 246 g/mol. The molecule has 0 saturated carbocycles. The molecule has 0 heterocycles. The number of hydrogen-bond donors (Lipinski definition) is 1. The lowest BCUT2D eigenvalue weighted by Gasteiger charge is -2.08. The van der Waals surface area contributed by atoms with E-state index in [4.69, 9.17) is 4.74 Å². The molecule has 2 heteroatoms. The lowest BCUT2D eigenvalue weighted by molar-refractivity contribution is 0.411. The quantitative estimate of drug-likeness (QED) is 0.773. The number of benzene rings is 2. The zero-order valence-corrected chi connectivity index (χ0v) is 12.4. The van der Waals surface area contributed by atoms with Crippen molar-refractivity contribution in [1.29, 1.82) is 0 Å². The molecule has 0 amide bonds. The molecule has 0 unspecified atom stereocenters. The molecule has 0 atom stereocenters. The maximum absolute atomic E-state index is 5.27. The summed E-state index contributed by atoms with van der Waals surface area (Å²) in [5.74, 6) is 0.956. The van der Waals surface area contributed by atoms with E-state index in [9.17, 15) is 0 Å². The molecule has 0 saturated heterocycles. The molecular formula is C18H23NO. The van der Waals surface area contributed by atoms with Crippen LogP contribution in [0.25, 0.3) is 0 Å². The van der Waals surface area contributed by atoms with Crippen LogP contribution in [0.5, 0.6) is 5.75 Å². The van der Waals surface area contributed by atoms with Crippen molar-refractivity contribution < 1.29 is 4.74 Å². The smallest absolute Gasteiger partial charge is 0.121 e. The van der Waals surface area contributed by atoms with Gasteiger partial charge in [-0.25, -0.2) is 0 Å². The van der Waals surface area contributed by atoms with E-state index < -0.39 is 0 Å². The van der Waals surface area contributed by atoms with Crippen LogP contribution in [0.15, 0.2) is 48.5 Å². The van der Waals surface area contributed by atoms with Gasteiger partial charge in [-0.1, -0.05) is 42.5 Å². The second kappa shape index (κ2) is 7.71. The summed E-state index contributed by atoms with van der Waals surface area (Å²) in [6, 6.07) is 17.0. The number of methoxy groups -OCH3 is 1. The summed E-state index contributed by atoms with van der Waals surface area (Å²) in [5.41, 5.74) is 3.91. The highest BCUT2D eigenvalue weighted by Gasteiger charge is 1.99. The van der Waals surface area contributed by atoms with Gasteiger partial charge in [0.1, 0.15) is 5.75 Å². The van der Waals surface area contributed by atoms with E-state index in [1.165, 1.54) is 23.1 Å². The summed E-state index contributed by atoms with van der Waals surface area (Å²) >= 11 is 0. The molecule has 0 aromatic heterocycles. The van der Waals surface area contributed by atoms with Crippen LogP contribution in [0.2, 0.25) is 0 Å². The summed E-state index contributed by atoms with van der Waals surface area (Å²) in [5, 5.41) is 3.50. The Morgan fingerprint density at radius 2 is 1.80 bits per heavy atom. The van der Waals surface area contributed by atoms with Crippen LogP contribution >= 0.6 is 0 Å². The third kappa shape index (κ3) is 4.39. The van der Waals surface area contributed by atoms with Crippen LogP contribution in [-0.2, 0) is 13.0 Å². The molecule has 2 rings (SSSR count). The van der Waals surface area contributed by atoms with Crippen LogP contribution in [0.1, 0.15) is 23.1 Å². The first-order valence-electron chi connectivity index (χ1n) is 7.18. The maximum Gasteiger partial charge on any atom is 0.121 e. The standard InChI is InChI=1S/C18H23NO/c1-15-13-17(10-11-18(15)20-2)14-19-12-6-9-16-7-4-3-5-8-16/h3-5,7-8,10-11,13,19H,6,9,12,14H2,1-2H3. The van der Waals surface area contributed by atoms with Gasteiger partial charge in [0.05, 0.1) is 7.11 Å². The third-order valence-electron chi connectivity index (χ3n) is 3.45. The fraction of sp³-hybridized carbons (Fsp3) is 0.333. The van der Waals surface area contributed by atoms with Gasteiger partial charge < -0.3 is 10.1 Å². The Hall–Kier alpha value is -1.80. The van der Waals surface area contributed by atoms with Crippen LogP contribution in [0, 0.1) is 6.92 Å². The van der Waals surface area contributed by atoms with E-state index in [-0.39, 0.29) is 0 Å². The first-order chi connectivity index (χ1) is 9.79. The zero-order chi connectivity index (χ0) is 14.2. The molecule has 1 N–H and O–H groups in total. The zero-order valence-electron chi connectivity index (χ0n) is 12.4. The van der Waals surface area contributed by atoms with Crippen LogP contribution < -0.4 is 10.1 Å². The van der Waals surface area contributed by atoms with Gasteiger partial charge in [-0.2, -0.15) is 0 Å². The van der Waals surface area contributed by atoms with Crippen molar-refractivity contribution in [2.45, 2.75) is 26.3 Å². The van der Waals surface area contributed by atoms with Crippen molar-refractivity contribution >= 4 is 0 Å². The summed E-state index contributed by atoms with van der Waals surface area (Å²) < 4.78 is 5.27. The Kier molecular flexibility index (Phi) is 5.63. The Labute approximate surface area is 121 Å².